The van der Waals surface area contributed by atoms with Gasteiger partial charge in [-0.05, 0) is 31.0 Å². The maximum absolute atomic E-state index is 12.4. The molecule has 0 radical (unpaired) electrons. The van der Waals surface area contributed by atoms with E-state index in [4.69, 9.17) is 9.47 Å². The minimum Gasteiger partial charge on any atom is -0.496 e. The van der Waals surface area contributed by atoms with Gasteiger partial charge in [0.2, 0.25) is 0 Å². The van der Waals surface area contributed by atoms with Gasteiger partial charge in [-0.2, -0.15) is 0 Å². The Morgan fingerprint density at radius 1 is 1.05 bits per heavy atom. The summed E-state index contributed by atoms with van der Waals surface area (Å²) in [6.07, 6.45) is 0.783. The summed E-state index contributed by atoms with van der Waals surface area (Å²) in [5.74, 6) is 0.821. The van der Waals surface area contributed by atoms with Crippen LogP contribution in [0.15, 0.2) is 42.5 Å². The van der Waals surface area contributed by atoms with Crippen LogP contribution in [0, 0.1) is 6.92 Å². The molecule has 4 nitrogen and oxygen atoms in total. The van der Waals surface area contributed by atoms with E-state index in [-0.39, 0.29) is 5.91 Å². The number of ether oxygens (including phenoxy) is 2. The molecule has 0 atom stereocenters. The number of nitrogens with one attached hydrogen (secondary N) is 1. The maximum Gasteiger partial charge on any atom is 0.258 e. The zero-order chi connectivity index (χ0) is 15.9. The Bertz CT molecular complexity index is 630. The molecule has 0 saturated carbocycles. The van der Waals surface area contributed by atoms with Crippen LogP contribution in [0.4, 0.5) is 0 Å². The number of carbonyl (C=O) groups excluding carboxylic acids is 1. The summed E-state index contributed by atoms with van der Waals surface area (Å²) in [5.41, 5.74) is 2.85. The van der Waals surface area contributed by atoms with Gasteiger partial charge in [-0.3, -0.25) is 4.79 Å². The third kappa shape index (κ3) is 3.79. The largest absolute Gasteiger partial charge is 0.496 e. The Balaban J connectivity index is 2.03. The number of carbonyl (C=O) groups is 1. The van der Waals surface area contributed by atoms with Gasteiger partial charge in [-0.15, -0.1) is 0 Å². The van der Waals surface area contributed by atoms with Crippen LogP contribution in [0.3, 0.4) is 0 Å². The van der Waals surface area contributed by atoms with Crippen LogP contribution in [0.25, 0.3) is 0 Å². The molecule has 0 aliphatic rings. The number of amides is 1. The molecule has 1 N–H and O–H groups in total. The molecule has 0 spiro atoms. The fourth-order valence-electron chi connectivity index (χ4n) is 2.35. The lowest BCUT2D eigenvalue weighted by Crippen LogP contribution is -2.26. The Morgan fingerprint density at radius 3 is 2.27 bits per heavy atom. The molecule has 0 aliphatic carbocycles. The van der Waals surface area contributed by atoms with E-state index in [2.05, 4.69) is 30.4 Å². The predicted octanol–water partition coefficient (Wildman–Crippen LogP) is 2.98. The summed E-state index contributed by atoms with van der Waals surface area (Å²) in [4.78, 5) is 12.4. The van der Waals surface area contributed by atoms with Crippen molar-refractivity contribution in [3.8, 4) is 11.5 Å². The van der Waals surface area contributed by atoms with E-state index in [0.717, 1.165) is 6.42 Å². The molecule has 0 saturated heterocycles. The third-order valence-corrected chi connectivity index (χ3v) is 3.44. The Morgan fingerprint density at radius 2 is 1.68 bits per heavy atom. The number of aryl methyl sites for hydroxylation is 1. The van der Waals surface area contributed by atoms with Crippen LogP contribution in [0.1, 0.15) is 21.5 Å². The van der Waals surface area contributed by atoms with Crippen LogP contribution >= 0.6 is 0 Å². The number of hydrogen-bond acceptors (Lipinski definition) is 3. The molecule has 2 aromatic carbocycles. The van der Waals surface area contributed by atoms with Crippen molar-refractivity contribution in [2.24, 2.45) is 0 Å². The first-order chi connectivity index (χ1) is 10.7. The molecule has 22 heavy (non-hydrogen) atoms. The van der Waals surface area contributed by atoms with Gasteiger partial charge in [0.1, 0.15) is 17.1 Å². The van der Waals surface area contributed by atoms with Gasteiger partial charge in [0.05, 0.1) is 14.2 Å². The van der Waals surface area contributed by atoms with E-state index < -0.39 is 0 Å². The van der Waals surface area contributed by atoms with Gasteiger partial charge >= 0.3 is 0 Å². The summed E-state index contributed by atoms with van der Waals surface area (Å²) in [7, 11) is 3.08. The van der Waals surface area contributed by atoms with Crippen molar-refractivity contribution < 1.29 is 14.3 Å². The summed E-state index contributed by atoms with van der Waals surface area (Å²) < 4.78 is 10.5. The highest BCUT2D eigenvalue weighted by molar-refractivity contribution is 5.99. The lowest BCUT2D eigenvalue weighted by Gasteiger charge is -2.13. The summed E-state index contributed by atoms with van der Waals surface area (Å²) in [6, 6.07) is 13.5. The molecule has 4 heteroatoms. The average molecular weight is 299 g/mol. The minimum atomic E-state index is -0.193. The van der Waals surface area contributed by atoms with E-state index in [9.17, 15) is 4.79 Å². The number of hydrogen-bond donors (Lipinski definition) is 1. The molecule has 0 unspecified atom stereocenters. The Labute approximate surface area is 131 Å². The molecule has 0 fully saturated rings. The van der Waals surface area contributed by atoms with Gasteiger partial charge < -0.3 is 14.8 Å². The molecular weight excluding hydrogens is 278 g/mol. The van der Waals surface area contributed by atoms with Crippen molar-refractivity contribution in [1.82, 2.24) is 5.32 Å². The molecular formula is C18H21NO3. The van der Waals surface area contributed by atoms with E-state index >= 15 is 0 Å². The second kappa shape index (κ2) is 7.50. The first-order valence-electron chi connectivity index (χ1n) is 7.20. The first kappa shape index (κ1) is 15.9. The minimum absolute atomic E-state index is 0.193. The maximum atomic E-state index is 12.4. The molecule has 2 aromatic rings. The van der Waals surface area contributed by atoms with Crippen LogP contribution in [0.2, 0.25) is 0 Å². The highest BCUT2D eigenvalue weighted by Gasteiger charge is 2.17. The van der Waals surface area contributed by atoms with Crippen molar-refractivity contribution in [2.45, 2.75) is 13.3 Å². The van der Waals surface area contributed by atoms with E-state index in [1.165, 1.54) is 25.3 Å². The number of benzene rings is 2. The van der Waals surface area contributed by atoms with Crippen LogP contribution in [-0.4, -0.2) is 26.7 Å². The van der Waals surface area contributed by atoms with Crippen molar-refractivity contribution in [3.05, 3.63) is 59.2 Å². The monoisotopic (exact) mass is 299 g/mol. The van der Waals surface area contributed by atoms with Crippen molar-refractivity contribution >= 4 is 5.91 Å². The molecule has 0 bridgehead atoms. The normalized spacial score (nSPS) is 10.1. The molecule has 1 amide bonds. The Hall–Kier alpha value is -2.49. The smallest absolute Gasteiger partial charge is 0.258 e. The van der Waals surface area contributed by atoms with Crippen molar-refractivity contribution in [1.29, 1.82) is 0 Å². The fourth-order valence-corrected chi connectivity index (χ4v) is 2.35. The average Bonchev–Trinajstić information content (AvgIpc) is 2.53. The van der Waals surface area contributed by atoms with Gasteiger partial charge in [0.25, 0.3) is 5.91 Å². The van der Waals surface area contributed by atoms with Crippen LogP contribution in [0.5, 0.6) is 11.5 Å². The second-order valence-corrected chi connectivity index (χ2v) is 5.03. The number of methoxy groups -OCH3 is 2. The summed E-state index contributed by atoms with van der Waals surface area (Å²) >= 11 is 0. The summed E-state index contributed by atoms with van der Waals surface area (Å²) in [6.45, 7) is 2.62. The topological polar surface area (TPSA) is 47.6 Å². The lowest BCUT2D eigenvalue weighted by molar-refractivity contribution is 0.0948. The highest BCUT2D eigenvalue weighted by atomic mass is 16.5. The SMILES string of the molecule is COc1cccc(OC)c1C(=O)NCCc1cccc(C)c1. The standard InChI is InChI=1S/C18H21NO3/c1-13-6-4-7-14(12-13)10-11-19-18(20)17-15(21-2)8-5-9-16(17)22-3/h4-9,12H,10-11H2,1-3H3,(H,19,20). The van der Waals surface area contributed by atoms with E-state index in [1.807, 2.05) is 6.07 Å². The zero-order valence-corrected chi connectivity index (χ0v) is 13.2. The summed E-state index contributed by atoms with van der Waals surface area (Å²) in [5, 5.41) is 2.92. The Kier molecular flexibility index (Phi) is 5.42. The predicted molar refractivity (Wildman–Crippen MR) is 86.8 cm³/mol. The fraction of sp³-hybridized carbons (Fsp3) is 0.278. The van der Waals surface area contributed by atoms with Gasteiger partial charge in [0, 0.05) is 6.54 Å². The first-order valence-corrected chi connectivity index (χ1v) is 7.20. The highest BCUT2D eigenvalue weighted by Crippen LogP contribution is 2.27. The van der Waals surface area contributed by atoms with Crippen LogP contribution < -0.4 is 14.8 Å². The number of rotatable bonds is 6. The molecule has 0 aromatic heterocycles. The second-order valence-electron chi connectivity index (χ2n) is 5.03. The quantitative estimate of drug-likeness (QED) is 0.892. The van der Waals surface area contributed by atoms with Crippen LogP contribution in [-0.2, 0) is 6.42 Å². The zero-order valence-electron chi connectivity index (χ0n) is 13.2. The molecule has 116 valence electrons. The van der Waals surface area contributed by atoms with E-state index in [0.29, 0.717) is 23.6 Å². The van der Waals surface area contributed by atoms with Gasteiger partial charge in [0.15, 0.2) is 0 Å². The molecule has 0 aliphatic heterocycles. The van der Waals surface area contributed by atoms with Crippen molar-refractivity contribution in [2.75, 3.05) is 20.8 Å². The van der Waals surface area contributed by atoms with Gasteiger partial charge in [-0.25, -0.2) is 0 Å². The third-order valence-electron chi connectivity index (χ3n) is 3.44. The van der Waals surface area contributed by atoms with Gasteiger partial charge in [-0.1, -0.05) is 35.9 Å². The molecule has 0 heterocycles. The molecule has 2 rings (SSSR count). The lowest BCUT2D eigenvalue weighted by atomic mass is 10.1. The van der Waals surface area contributed by atoms with Crippen molar-refractivity contribution in [3.63, 3.8) is 0 Å². The van der Waals surface area contributed by atoms with E-state index in [1.54, 1.807) is 18.2 Å².